The van der Waals surface area contributed by atoms with Gasteiger partial charge in [0.25, 0.3) is 5.91 Å². The van der Waals surface area contributed by atoms with Gasteiger partial charge in [-0.2, -0.15) is 0 Å². The summed E-state index contributed by atoms with van der Waals surface area (Å²) in [5, 5.41) is 5.40. The molecular weight excluding hydrogens is 434 g/mol. The number of methoxy groups -OCH3 is 1. The van der Waals surface area contributed by atoms with Crippen LogP contribution in [0.3, 0.4) is 0 Å². The quantitative estimate of drug-likeness (QED) is 0.516. The van der Waals surface area contributed by atoms with Crippen LogP contribution < -0.4 is 20.1 Å². The summed E-state index contributed by atoms with van der Waals surface area (Å²) in [6.45, 7) is 3.19. The van der Waals surface area contributed by atoms with E-state index in [1.165, 1.54) is 0 Å². The number of urea groups is 1. The van der Waals surface area contributed by atoms with Gasteiger partial charge in [-0.25, -0.2) is 4.79 Å². The number of ether oxygens (including phenoxy) is 2. The first kappa shape index (κ1) is 22.8. The summed E-state index contributed by atoms with van der Waals surface area (Å²) >= 11 is 0. The van der Waals surface area contributed by atoms with Crippen molar-refractivity contribution in [2.45, 2.75) is 19.4 Å². The molecule has 1 saturated heterocycles. The van der Waals surface area contributed by atoms with Gasteiger partial charge in [0.05, 0.1) is 7.11 Å². The Labute approximate surface area is 197 Å². The number of carbonyl (C=O) groups excluding carboxylic acids is 3. The molecule has 1 aliphatic heterocycles. The Hall–Kier alpha value is -4.33. The molecule has 2 N–H and O–H groups in total. The molecular formula is C26H25N3O5. The fourth-order valence-corrected chi connectivity index (χ4v) is 3.73. The van der Waals surface area contributed by atoms with Gasteiger partial charge in [0.1, 0.15) is 29.3 Å². The van der Waals surface area contributed by atoms with Crippen LogP contribution in [-0.2, 0) is 15.1 Å². The SMILES string of the molecule is COc1ccc(C2(C)NC(=O)N(CC(=O)Nc3ccc(Oc4cccc(C)c4)cc3)C2=O)cc1. The number of nitrogens with one attached hydrogen (secondary N) is 2. The lowest BCUT2D eigenvalue weighted by molar-refractivity contribution is -0.133. The molecule has 1 unspecified atom stereocenters. The third-order valence-electron chi connectivity index (χ3n) is 5.61. The number of anilines is 1. The summed E-state index contributed by atoms with van der Waals surface area (Å²) in [4.78, 5) is 39.0. The Morgan fingerprint density at radius 3 is 2.29 bits per heavy atom. The van der Waals surface area contributed by atoms with Crippen LogP contribution in [0.4, 0.5) is 10.5 Å². The van der Waals surface area contributed by atoms with Crippen molar-refractivity contribution in [3.63, 3.8) is 0 Å². The minimum Gasteiger partial charge on any atom is -0.497 e. The molecule has 8 heteroatoms. The normalized spacial score (nSPS) is 17.3. The lowest BCUT2D eigenvalue weighted by Gasteiger charge is -2.22. The monoisotopic (exact) mass is 459 g/mol. The zero-order valence-corrected chi connectivity index (χ0v) is 19.1. The molecule has 1 aliphatic rings. The molecule has 0 radical (unpaired) electrons. The highest BCUT2D eigenvalue weighted by atomic mass is 16.5. The molecule has 0 aromatic heterocycles. The van der Waals surface area contributed by atoms with E-state index in [-0.39, 0.29) is 0 Å². The topological polar surface area (TPSA) is 97.0 Å². The zero-order chi connectivity index (χ0) is 24.3. The fourth-order valence-electron chi connectivity index (χ4n) is 3.73. The highest BCUT2D eigenvalue weighted by molar-refractivity contribution is 6.10. The summed E-state index contributed by atoms with van der Waals surface area (Å²) in [6, 6.07) is 20.7. The number of hydrogen-bond donors (Lipinski definition) is 2. The largest absolute Gasteiger partial charge is 0.497 e. The van der Waals surface area contributed by atoms with Gasteiger partial charge in [0.15, 0.2) is 0 Å². The predicted molar refractivity (Wildman–Crippen MR) is 127 cm³/mol. The fraction of sp³-hybridized carbons (Fsp3) is 0.192. The average molecular weight is 460 g/mol. The van der Waals surface area contributed by atoms with Crippen LogP contribution in [0, 0.1) is 6.92 Å². The lowest BCUT2D eigenvalue weighted by atomic mass is 9.92. The van der Waals surface area contributed by atoms with E-state index in [0.717, 1.165) is 16.2 Å². The molecule has 0 saturated carbocycles. The second kappa shape index (κ2) is 9.27. The molecule has 4 rings (SSSR count). The summed E-state index contributed by atoms with van der Waals surface area (Å²) in [6.07, 6.45) is 0. The molecule has 3 aromatic carbocycles. The summed E-state index contributed by atoms with van der Waals surface area (Å²) in [7, 11) is 1.55. The first-order valence-corrected chi connectivity index (χ1v) is 10.7. The molecule has 8 nitrogen and oxygen atoms in total. The van der Waals surface area contributed by atoms with Crippen LogP contribution in [0.25, 0.3) is 0 Å². The van der Waals surface area contributed by atoms with Crippen LogP contribution in [-0.4, -0.2) is 36.4 Å². The molecule has 34 heavy (non-hydrogen) atoms. The Morgan fingerprint density at radius 1 is 0.971 bits per heavy atom. The standard InChI is InChI=1S/C26H25N3O5/c1-17-5-4-6-22(15-17)34-21-13-9-19(10-14-21)27-23(30)16-29-24(31)26(2,28-25(29)32)18-7-11-20(33-3)12-8-18/h4-15H,16H2,1-3H3,(H,27,30)(H,28,32). The van der Waals surface area contributed by atoms with Gasteiger partial charge in [-0.1, -0.05) is 24.3 Å². The summed E-state index contributed by atoms with van der Waals surface area (Å²) in [5.41, 5.74) is 0.939. The average Bonchev–Trinajstić information content (AvgIpc) is 3.04. The number of amides is 4. The van der Waals surface area contributed by atoms with Gasteiger partial charge >= 0.3 is 6.03 Å². The van der Waals surface area contributed by atoms with Crippen LogP contribution in [0.15, 0.2) is 72.8 Å². The van der Waals surface area contributed by atoms with Gasteiger partial charge in [-0.05, 0) is 73.5 Å². The highest BCUT2D eigenvalue weighted by Gasteiger charge is 2.49. The maximum atomic E-state index is 13.0. The van der Waals surface area contributed by atoms with Gasteiger partial charge in [-0.15, -0.1) is 0 Å². The van der Waals surface area contributed by atoms with Crippen molar-refractivity contribution >= 4 is 23.5 Å². The Kier molecular flexibility index (Phi) is 6.23. The van der Waals surface area contributed by atoms with Crippen molar-refractivity contribution in [3.05, 3.63) is 83.9 Å². The number of rotatable bonds is 7. The van der Waals surface area contributed by atoms with E-state index >= 15 is 0 Å². The van der Waals surface area contributed by atoms with E-state index in [4.69, 9.17) is 9.47 Å². The van der Waals surface area contributed by atoms with Crippen molar-refractivity contribution in [2.75, 3.05) is 19.0 Å². The first-order chi connectivity index (χ1) is 16.3. The van der Waals surface area contributed by atoms with E-state index in [0.29, 0.717) is 22.7 Å². The van der Waals surface area contributed by atoms with E-state index in [2.05, 4.69) is 10.6 Å². The van der Waals surface area contributed by atoms with E-state index in [1.54, 1.807) is 62.6 Å². The minimum atomic E-state index is -1.27. The van der Waals surface area contributed by atoms with Gasteiger partial charge in [0, 0.05) is 5.69 Å². The van der Waals surface area contributed by atoms with Crippen molar-refractivity contribution in [1.29, 1.82) is 0 Å². The Balaban J connectivity index is 1.38. The van der Waals surface area contributed by atoms with Gasteiger partial charge < -0.3 is 20.1 Å². The molecule has 174 valence electrons. The van der Waals surface area contributed by atoms with Crippen molar-refractivity contribution in [3.8, 4) is 17.2 Å². The second-order valence-electron chi connectivity index (χ2n) is 8.17. The maximum Gasteiger partial charge on any atom is 0.325 e. The predicted octanol–water partition coefficient (Wildman–Crippen LogP) is 4.20. The van der Waals surface area contributed by atoms with E-state index < -0.39 is 29.9 Å². The number of hydrogen-bond acceptors (Lipinski definition) is 5. The number of aryl methyl sites for hydroxylation is 1. The Bertz CT molecular complexity index is 1220. The lowest BCUT2D eigenvalue weighted by Crippen LogP contribution is -2.42. The zero-order valence-electron chi connectivity index (χ0n) is 19.1. The molecule has 3 aromatic rings. The van der Waals surface area contributed by atoms with Gasteiger partial charge in [-0.3, -0.25) is 14.5 Å². The number of nitrogens with zero attached hydrogens (tertiary/aromatic N) is 1. The molecule has 1 fully saturated rings. The molecule has 0 spiro atoms. The summed E-state index contributed by atoms with van der Waals surface area (Å²) in [5.74, 6) is 0.980. The van der Waals surface area contributed by atoms with Crippen molar-refractivity contribution in [2.24, 2.45) is 0 Å². The number of carbonyl (C=O) groups is 3. The van der Waals surface area contributed by atoms with Crippen LogP contribution >= 0.6 is 0 Å². The number of imide groups is 1. The van der Waals surface area contributed by atoms with Crippen LogP contribution in [0.2, 0.25) is 0 Å². The molecule has 4 amide bonds. The van der Waals surface area contributed by atoms with E-state index in [9.17, 15) is 14.4 Å². The highest BCUT2D eigenvalue weighted by Crippen LogP contribution is 2.30. The van der Waals surface area contributed by atoms with Crippen molar-refractivity contribution in [1.82, 2.24) is 10.2 Å². The smallest absolute Gasteiger partial charge is 0.325 e. The molecule has 1 atom stereocenters. The van der Waals surface area contributed by atoms with Crippen LogP contribution in [0.5, 0.6) is 17.2 Å². The first-order valence-electron chi connectivity index (χ1n) is 10.7. The van der Waals surface area contributed by atoms with Crippen LogP contribution in [0.1, 0.15) is 18.1 Å². The third kappa shape index (κ3) is 4.71. The van der Waals surface area contributed by atoms with Gasteiger partial charge in [0.2, 0.25) is 5.91 Å². The summed E-state index contributed by atoms with van der Waals surface area (Å²) < 4.78 is 10.9. The molecule has 0 bridgehead atoms. The van der Waals surface area contributed by atoms with Crippen molar-refractivity contribution < 1.29 is 23.9 Å². The number of benzene rings is 3. The van der Waals surface area contributed by atoms with E-state index in [1.807, 2.05) is 31.2 Å². The minimum absolute atomic E-state index is 0.405. The maximum absolute atomic E-state index is 13.0. The second-order valence-corrected chi connectivity index (χ2v) is 8.17. The molecule has 0 aliphatic carbocycles. The Morgan fingerprint density at radius 2 is 1.65 bits per heavy atom. The molecule has 1 heterocycles. The third-order valence-corrected chi connectivity index (χ3v) is 5.61.